The number of carbonyl (C=O) groups is 1. The highest BCUT2D eigenvalue weighted by Crippen LogP contribution is 2.17. The number of aromatic amines is 1. The lowest BCUT2D eigenvalue weighted by molar-refractivity contribution is -0.122. The first-order valence-electron chi connectivity index (χ1n) is 9.15. The molecule has 0 saturated heterocycles. The first kappa shape index (κ1) is 17.9. The van der Waals surface area contributed by atoms with Crippen molar-refractivity contribution in [1.29, 1.82) is 0 Å². The number of fused-ring (bicyclic) bond motifs is 1. The van der Waals surface area contributed by atoms with Gasteiger partial charge in [0.25, 0.3) is 5.56 Å². The molecule has 1 aliphatic carbocycles. The molecule has 1 fully saturated rings. The van der Waals surface area contributed by atoms with Gasteiger partial charge in [-0.3, -0.25) is 14.2 Å². The number of aromatic nitrogens is 2. The van der Waals surface area contributed by atoms with Gasteiger partial charge >= 0.3 is 5.69 Å². The van der Waals surface area contributed by atoms with E-state index in [0.717, 1.165) is 32.1 Å². The van der Waals surface area contributed by atoms with E-state index >= 15 is 0 Å². The van der Waals surface area contributed by atoms with Gasteiger partial charge in [-0.2, -0.15) is 0 Å². The lowest BCUT2D eigenvalue weighted by Gasteiger charge is -2.22. The molecule has 0 aromatic carbocycles. The summed E-state index contributed by atoms with van der Waals surface area (Å²) >= 11 is 1.34. The Balaban J connectivity index is 1.42. The van der Waals surface area contributed by atoms with Gasteiger partial charge in [-0.1, -0.05) is 25.7 Å². The van der Waals surface area contributed by atoms with Crippen LogP contribution in [-0.4, -0.2) is 21.5 Å². The number of unbranched alkanes of at least 4 members (excludes halogenated alkanes) is 2. The highest BCUT2D eigenvalue weighted by Gasteiger charge is 2.15. The molecule has 2 N–H and O–H groups in total. The number of hydrogen-bond acceptors (Lipinski definition) is 4. The van der Waals surface area contributed by atoms with Crippen molar-refractivity contribution in [1.82, 2.24) is 14.9 Å². The Morgan fingerprint density at radius 1 is 1.20 bits per heavy atom. The van der Waals surface area contributed by atoms with E-state index in [9.17, 15) is 14.4 Å². The smallest absolute Gasteiger partial charge is 0.328 e. The van der Waals surface area contributed by atoms with Gasteiger partial charge in [0.05, 0.1) is 5.52 Å². The third-order valence-electron chi connectivity index (χ3n) is 4.85. The number of hydrogen-bond donors (Lipinski definition) is 2. The Bertz CT molecular complexity index is 830. The van der Waals surface area contributed by atoms with Crippen molar-refractivity contribution in [3.63, 3.8) is 0 Å². The Kier molecular flexibility index (Phi) is 6.07. The molecule has 25 heavy (non-hydrogen) atoms. The number of amides is 1. The molecule has 0 spiro atoms. The van der Waals surface area contributed by atoms with Gasteiger partial charge in [0.1, 0.15) is 4.70 Å². The number of carbonyl (C=O) groups excluding carboxylic acids is 1. The van der Waals surface area contributed by atoms with E-state index in [-0.39, 0.29) is 17.2 Å². The highest BCUT2D eigenvalue weighted by atomic mass is 32.1. The monoisotopic (exact) mass is 363 g/mol. The molecule has 0 atom stereocenters. The second-order valence-corrected chi connectivity index (χ2v) is 7.68. The maximum absolute atomic E-state index is 12.3. The van der Waals surface area contributed by atoms with Gasteiger partial charge in [0, 0.05) is 19.0 Å². The summed E-state index contributed by atoms with van der Waals surface area (Å²) in [6, 6.07) is 2.11. The molecular weight excluding hydrogens is 338 g/mol. The van der Waals surface area contributed by atoms with Crippen LogP contribution >= 0.6 is 11.3 Å². The largest absolute Gasteiger partial charge is 0.353 e. The van der Waals surface area contributed by atoms with Gasteiger partial charge < -0.3 is 10.3 Å². The molecule has 2 heterocycles. The lowest BCUT2D eigenvalue weighted by Crippen LogP contribution is -2.36. The zero-order chi connectivity index (χ0) is 17.6. The summed E-state index contributed by atoms with van der Waals surface area (Å²) in [4.78, 5) is 39.0. The van der Waals surface area contributed by atoms with E-state index in [4.69, 9.17) is 0 Å². The summed E-state index contributed by atoms with van der Waals surface area (Å²) < 4.78 is 1.85. The van der Waals surface area contributed by atoms with Crippen molar-refractivity contribution < 1.29 is 4.79 Å². The number of nitrogens with zero attached hydrogens (tertiary/aromatic N) is 1. The van der Waals surface area contributed by atoms with Crippen molar-refractivity contribution >= 4 is 27.5 Å². The van der Waals surface area contributed by atoms with Crippen LogP contribution in [0.3, 0.4) is 0 Å². The van der Waals surface area contributed by atoms with E-state index in [1.54, 1.807) is 11.4 Å². The predicted molar refractivity (Wildman–Crippen MR) is 100 cm³/mol. The Morgan fingerprint density at radius 2 is 2.00 bits per heavy atom. The molecule has 1 saturated carbocycles. The van der Waals surface area contributed by atoms with Gasteiger partial charge in [0.2, 0.25) is 5.91 Å². The predicted octanol–water partition coefficient (Wildman–Crippen LogP) is 2.76. The maximum atomic E-state index is 12.3. The molecule has 7 heteroatoms. The normalized spacial score (nSPS) is 15.5. The Hall–Kier alpha value is -1.89. The summed E-state index contributed by atoms with van der Waals surface area (Å²) in [7, 11) is 0. The molecule has 0 radical (unpaired) electrons. The molecule has 0 unspecified atom stereocenters. The summed E-state index contributed by atoms with van der Waals surface area (Å²) in [5.41, 5.74) is 0.0327. The number of nitrogens with one attached hydrogen (secondary N) is 2. The van der Waals surface area contributed by atoms with E-state index in [0.29, 0.717) is 29.2 Å². The topological polar surface area (TPSA) is 84.0 Å². The van der Waals surface area contributed by atoms with Crippen LogP contribution in [0.2, 0.25) is 0 Å². The molecule has 6 nitrogen and oxygen atoms in total. The molecule has 0 aliphatic heterocycles. The lowest BCUT2D eigenvalue weighted by atomic mass is 9.95. The van der Waals surface area contributed by atoms with E-state index < -0.39 is 0 Å². The minimum atomic E-state index is -0.356. The van der Waals surface area contributed by atoms with Crippen molar-refractivity contribution in [3.8, 4) is 0 Å². The number of thiophene rings is 1. The van der Waals surface area contributed by atoms with Crippen LogP contribution in [0.25, 0.3) is 10.2 Å². The summed E-state index contributed by atoms with van der Waals surface area (Å²) in [6.45, 7) is 0.395. The first-order chi connectivity index (χ1) is 12.1. The van der Waals surface area contributed by atoms with Crippen LogP contribution in [-0.2, 0) is 11.3 Å². The summed E-state index contributed by atoms with van der Waals surface area (Å²) in [5.74, 6) is 0.127. The van der Waals surface area contributed by atoms with E-state index in [1.807, 2.05) is 0 Å². The molecule has 0 bridgehead atoms. The van der Waals surface area contributed by atoms with Gasteiger partial charge in [0.15, 0.2) is 0 Å². The summed E-state index contributed by atoms with van der Waals surface area (Å²) in [5, 5.41) is 4.92. The van der Waals surface area contributed by atoms with Crippen molar-refractivity contribution in [3.05, 3.63) is 32.3 Å². The fourth-order valence-corrected chi connectivity index (χ4v) is 4.25. The second-order valence-electron chi connectivity index (χ2n) is 6.76. The average molecular weight is 363 g/mol. The maximum Gasteiger partial charge on any atom is 0.328 e. The average Bonchev–Trinajstić information content (AvgIpc) is 3.06. The van der Waals surface area contributed by atoms with E-state index in [2.05, 4.69) is 10.3 Å². The summed E-state index contributed by atoms with van der Waals surface area (Å²) in [6.07, 6.45) is 8.75. The fraction of sp³-hybridized carbons (Fsp3) is 0.611. The van der Waals surface area contributed by atoms with Crippen molar-refractivity contribution in [2.45, 2.75) is 70.4 Å². The first-order valence-corrected chi connectivity index (χ1v) is 10.0. The van der Waals surface area contributed by atoms with Gasteiger partial charge in [-0.05, 0) is 37.1 Å². The van der Waals surface area contributed by atoms with Crippen LogP contribution in [0.1, 0.15) is 57.8 Å². The van der Waals surface area contributed by atoms with Crippen LogP contribution < -0.4 is 16.6 Å². The molecule has 1 aliphatic rings. The second kappa shape index (κ2) is 8.47. The quantitative estimate of drug-likeness (QED) is 0.742. The van der Waals surface area contributed by atoms with Gasteiger partial charge in [-0.15, -0.1) is 11.3 Å². The molecule has 2 aromatic rings. The molecule has 136 valence electrons. The fourth-order valence-electron chi connectivity index (χ4n) is 3.45. The minimum absolute atomic E-state index is 0.127. The van der Waals surface area contributed by atoms with Crippen LogP contribution in [0.5, 0.6) is 0 Å². The Morgan fingerprint density at radius 3 is 2.80 bits per heavy atom. The van der Waals surface area contributed by atoms with Crippen LogP contribution in [0, 0.1) is 0 Å². The zero-order valence-corrected chi connectivity index (χ0v) is 15.2. The van der Waals surface area contributed by atoms with Gasteiger partial charge in [-0.25, -0.2) is 4.79 Å². The molecule has 2 aromatic heterocycles. The third kappa shape index (κ3) is 4.60. The van der Waals surface area contributed by atoms with Crippen LogP contribution in [0.4, 0.5) is 0 Å². The Labute approximate surface area is 150 Å². The zero-order valence-electron chi connectivity index (χ0n) is 14.4. The standard InChI is InChI=1S/C18H25N3O3S/c22-15(19-13-7-3-1-4-8-13)9-5-2-6-11-21-17(23)16-14(10-12-25-16)20-18(21)24/h10,12-13H,1-9,11H2,(H,19,22)(H,20,24). The van der Waals surface area contributed by atoms with E-state index in [1.165, 1.54) is 35.2 Å². The van der Waals surface area contributed by atoms with Crippen LogP contribution in [0.15, 0.2) is 21.0 Å². The minimum Gasteiger partial charge on any atom is -0.353 e. The number of H-pyrrole nitrogens is 1. The van der Waals surface area contributed by atoms with Crippen molar-refractivity contribution in [2.75, 3.05) is 0 Å². The van der Waals surface area contributed by atoms with Crippen molar-refractivity contribution in [2.24, 2.45) is 0 Å². The highest BCUT2D eigenvalue weighted by molar-refractivity contribution is 7.17. The molecule has 3 rings (SSSR count). The third-order valence-corrected chi connectivity index (χ3v) is 5.75. The SMILES string of the molecule is O=C(CCCCCn1c(=O)[nH]c2ccsc2c1=O)NC1CCCCC1. The number of rotatable bonds is 7. The molecule has 1 amide bonds. The molecular formula is C18H25N3O3S.